The first kappa shape index (κ1) is 15.7. The van der Waals surface area contributed by atoms with Crippen molar-refractivity contribution < 1.29 is 45.2 Å². The van der Waals surface area contributed by atoms with Gasteiger partial charge in [0.05, 0.1) is 0 Å². The molecule has 0 radical (unpaired) electrons. The van der Waals surface area contributed by atoms with E-state index in [4.69, 9.17) is 9.79 Å². The molecule has 4 nitrogen and oxygen atoms in total. The third kappa shape index (κ3) is 3.09. The second kappa shape index (κ2) is 4.17. The van der Waals surface area contributed by atoms with Crippen molar-refractivity contribution in [2.75, 3.05) is 0 Å². The van der Waals surface area contributed by atoms with Crippen LogP contribution in [0.3, 0.4) is 0 Å². The topological polar surface area (TPSA) is 66.8 Å². The van der Waals surface area contributed by atoms with E-state index in [0.29, 0.717) is 6.92 Å². The summed E-state index contributed by atoms with van der Waals surface area (Å²) in [6.45, 7) is 0.455. The van der Waals surface area contributed by atoms with E-state index < -0.39 is 32.2 Å². The van der Waals surface area contributed by atoms with E-state index in [9.17, 15) is 30.9 Å². The van der Waals surface area contributed by atoms with E-state index in [0.717, 1.165) is 0 Å². The van der Waals surface area contributed by atoms with Gasteiger partial charge in [0, 0.05) is 0 Å². The molecule has 0 aromatic heterocycles. The SMILES string of the molecule is CCC(OP(=O)(O)O)(C(F)(F)F)C(F)(F)F. The average Bonchev–Trinajstić information content (AvgIpc) is 1.93. The van der Waals surface area contributed by atoms with Crippen molar-refractivity contribution in [2.45, 2.75) is 31.3 Å². The van der Waals surface area contributed by atoms with Gasteiger partial charge in [-0.15, -0.1) is 0 Å². The first-order chi connectivity index (χ1) is 6.77. The molecule has 0 saturated carbocycles. The van der Waals surface area contributed by atoms with Gasteiger partial charge < -0.3 is 9.79 Å². The highest BCUT2D eigenvalue weighted by atomic mass is 31.2. The quantitative estimate of drug-likeness (QED) is 0.613. The van der Waals surface area contributed by atoms with E-state index in [-0.39, 0.29) is 0 Å². The molecular formula is C5H7F6O4P. The number of hydrogen-bond acceptors (Lipinski definition) is 2. The molecule has 16 heavy (non-hydrogen) atoms. The maximum atomic E-state index is 12.2. The first-order valence-electron chi connectivity index (χ1n) is 3.66. The van der Waals surface area contributed by atoms with Crippen LogP contribution in [0.1, 0.15) is 13.3 Å². The van der Waals surface area contributed by atoms with Crippen molar-refractivity contribution in [3.8, 4) is 0 Å². The van der Waals surface area contributed by atoms with E-state index in [1.54, 1.807) is 0 Å². The van der Waals surface area contributed by atoms with Crippen molar-refractivity contribution in [1.29, 1.82) is 0 Å². The van der Waals surface area contributed by atoms with Crippen LogP contribution in [0.5, 0.6) is 0 Å². The normalized spacial score (nSPS) is 15.3. The smallest absolute Gasteiger partial charge is 0.303 e. The summed E-state index contributed by atoms with van der Waals surface area (Å²) < 4.78 is 86.4. The lowest BCUT2D eigenvalue weighted by Crippen LogP contribution is -2.57. The fourth-order valence-corrected chi connectivity index (χ4v) is 1.67. The van der Waals surface area contributed by atoms with Gasteiger partial charge in [0.2, 0.25) is 0 Å². The molecular weight excluding hydrogens is 269 g/mol. The minimum Gasteiger partial charge on any atom is -0.303 e. The van der Waals surface area contributed by atoms with Gasteiger partial charge in [0.15, 0.2) is 0 Å². The molecule has 0 aliphatic carbocycles. The van der Waals surface area contributed by atoms with Crippen LogP contribution in [0, 0.1) is 0 Å². The molecule has 0 heterocycles. The van der Waals surface area contributed by atoms with Gasteiger partial charge in [-0.25, -0.2) is 4.57 Å². The number of phosphoric acid groups is 1. The average molecular weight is 276 g/mol. The first-order valence-corrected chi connectivity index (χ1v) is 5.19. The van der Waals surface area contributed by atoms with Gasteiger partial charge in [0.1, 0.15) is 0 Å². The number of alkyl halides is 6. The zero-order valence-electron chi connectivity index (χ0n) is 7.63. The second-order valence-electron chi connectivity index (χ2n) is 2.76. The van der Waals surface area contributed by atoms with Crippen LogP contribution in [0.25, 0.3) is 0 Å². The van der Waals surface area contributed by atoms with Crippen LogP contribution >= 0.6 is 7.82 Å². The Morgan fingerprint density at radius 1 is 1.06 bits per heavy atom. The summed E-state index contributed by atoms with van der Waals surface area (Å²) in [5, 5.41) is 0. The molecule has 0 aromatic carbocycles. The molecule has 0 amide bonds. The summed E-state index contributed by atoms with van der Waals surface area (Å²) >= 11 is 0. The summed E-state index contributed by atoms with van der Waals surface area (Å²) in [4.78, 5) is 16.2. The van der Waals surface area contributed by atoms with Crippen molar-refractivity contribution in [1.82, 2.24) is 0 Å². The molecule has 0 aromatic rings. The predicted molar refractivity (Wildman–Crippen MR) is 38.3 cm³/mol. The van der Waals surface area contributed by atoms with E-state index >= 15 is 0 Å². The minimum absolute atomic E-state index is 0.455. The van der Waals surface area contributed by atoms with Crippen molar-refractivity contribution in [3.63, 3.8) is 0 Å². The zero-order chi connectivity index (χ0) is 13.4. The Bertz CT molecular complexity index is 276. The Morgan fingerprint density at radius 2 is 1.38 bits per heavy atom. The summed E-state index contributed by atoms with van der Waals surface area (Å²) in [6.07, 6.45) is -13.7. The molecule has 0 unspecified atom stereocenters. The highest BCUT2D eigenvalue weighted by Crippen LogP contribution is 2.55. The predicted octanol–water partition coefficient (Wildman–Crippen LogP) is 2.37. The molecule has 0 atom stereocenters. The molecule has 11 heteroatoms. The molecule has 0 bridgehead atoms. The Balaban J connectivity index is 5.60. The van der Waals surface area contributed by atoms with Crippen LogP contribution < -0.4 is 0 Å². The van der Waals surface area contributed by atoms with Gasteiger partial charge >= 0.3 is 20.2 Å². The molecule has 98 valence electrons. The molecule has 0 aliphatic rings. The van der Waals surface area contributed by atoms with Crippen LogP contribution in [0.2, 0.25) is 0 Å². The Hall–Kier alpha value is -0.310. The molecule has 0 saturated heterocycles. The standard InChI is InChI=1S/C5H7F6O4P/c1-2-3(4(6,7)8,5(9,10)11)15-16(12,13)14/h2H2,1H3,(H2,12,13,14). The fourth-order valence-electron chi connectivity index (χ4n) is 0.933. The summed E-state index contributed by atoms with van der Waals surface area (Å²) in [6, 6.07) is 0. The van der Waals surface area contributed by atoms with E-state index in [1.807, 2.05) is 0 Å². The van der Waals surface area contributed by atoms with Gasteiger partial charge in [0.25, 0.3) is 5.60 Å². The van der Waals surface area contributed by atoms with Gasteiger partial charge in [-0.1, -0.05) is 6.92 Å². The third-order valence-electron chi connectivity index (χ3n) is 1.69. The highest BCUT2D eigenvalue weighted by Gasteiger charge is 2.73. The van der Waals surface area contributed by atoms with Crippen LogP contribution in [0.4, 0.5) is 26.3 Å². The monoisotopic (exact) mass is 276 g/mol. The zero-order valence-corrected chi connectivity index (χ0v) is 8.53. The summed E-state index contributed by atoms with van der Waals surface area (Å²) in [7, 11) is -5.94. The largest absolute Gasteiger partial charge is 0.470 e. The lowest BCUT2D eigenvalue weighted by molar-refractivity contribution is -0.361. The van der Waals surface area contributed by atoms with Gasteiger partial charge in [-0.3, -0.25) is 4.52 Å². The lowest BCUT2D eigenvalue weighted by Gasteiger charge is -2.35. The van der Waals surface area contributed by atoms with E-state index in [1.165, 1.54) is 0 Å². The van der Waals surface area contributed by atoms with Crippen LogP contribution in [-0.2, 0) is 9.09 Å². The van der Waals surface area contributed by atoms with Gasteiger partial charge in [-0.2, -0.15) is 26.3 Å². The maximum absolute atomic E-state index is 12.2. The van der Waals surface area contributed by atoms with Crippen molar-refractivity contribution in [3.05, 3.63) is 0 Å². The van der Waals surface area contributed by atoms with Crippen LogP contribution in [-0.4, -0.2) is 27.7 Å². The highest BCUT2D eigenvalue weighted by molar-refractivity contribution is 7.46. The number of rotatable bonds is 3. The van der Waals surface area contributed by atoms with Gasteiger partial charge in [-0.05, 0) is 6.42 Å². The summed E-state index contributed by atoms with van der Waals surface area (Å²) in [5.41, 5.74) is -4.86. The molecule has 0 rings (SSSR count). The summed E-state index contributed by atoms with van der Waals surface area (Å²) in [5.74, 6) is 0. The van der Waals surface area contributed by atoms with Crippen molar-refractivity contribution in [2.24, 2.45) is 0 Å². The Kier molecular flexibility index (Phi) is 4.09. The molecule has 2 N–H and O–H groups in total. The third-order valence-corrected chi connectivity index (χ3v) is 2.24. The maximum Gasteiger partial charge on any atom is 0.470 e. The molecule has 0 aliphatic heterocycles. The number of phosphoric ester groups is 1. The minimum atomic E-state index is -5.98. The molecule has 0 spiro atoms. The second-order valence-corrected chi connectivity index (χ2v) is 3.92. The van der Waals surface area contributed by atoms with E-state index in [2.05, 4.69) is 4.52 Å². The lowest BCUT2D eigenvalue weighted by atomic mass is 10.00. The van der Waals surface area contributed by atoms with Crippen molar-refractivity contribution >= 4 is 7.82 Å². The Labute approximate surface area is 85.4 Å². The molecule has 0 fully saturated rings. The Morgan fingerprint density at radius 3 is 1.44 bits per heavy atom. The fraction of sp³-hybridized carbons (Fsp3) is 1.00. The number of hydrogen-bond donors (Lipinski definition) is 2. The number of halogens is 6. The van der Waals surface area contributed by atoms with Crippen LogP contribution in [0.15, 0.2) is 0 Å².